The van der Waals surface area contributed by atoms with Gasteiger partial charge in [0.1, 0.15) is 12.6 Å². The van der Waals surface area contributed by atoms with Gasteiger partial charge in [-0.15, -0.1) is 11.8 Å². The molecule has 0 radical (unpaired) electrons. The summed E-state index contributed by atoms with van der Waals surface area (Å²) in [7, 11) is 1.45. The molecule has 0 saturated carbocycles. The summed E-state index contributed by atoms with van der Waals surface area (Å²) in [4.78, 5) is 37.5. The second kappa shape index (κ2) is 7.37. The molecule has 1 heterocycles. The van der Waals surface area contributed by atoms with E-state index in [2.05, 4.69) is 0 Å². The molecule has 0 aromatic carbocycles. The number of carbonyl (C=O) groups excluding carboxylic acids is 2. The minimum Gasteiger partial charge on any atom is -0.480 e. The van der Waals surface area contributed by atoms with Crippen LogP contribution < -0.4 is 0 Å². The molecule has 0 spiro atoms. The van der Waals surface area contributed by atoms with E-state index in [1.54, 1.807) is 4.90 Å². The van der Waals surface area contributed by atoms with Crippen LogP contribution in [0.1, 0.15) is 26.2 Å². The molecular weight excluding hydrogens is 268 g/mol. The average molecular weight is 288 g/mol. The van der Waals surface area contributed by atoms with E-state index in [1.165, 1.54) is 23.7 Å². The zero-order chi connectivity index (χ0) is 14.4. The fourth-order valence-electron chi connectivity index (χ4n) is 1.90. The Morgan fingerprint density at radius 3 is 2.68 bits per heavy atom. The van der Waals surface area contributed by atoms with Crippen LogP contribution >= 0.6 is 11.8 Å². The predicted molar refractivity (Wildman–Crippen MR) is 72.8 cm³/mol. The molecule has 1 rings (SSSR count). The summed E-state index contributed by atoms with van der Waals surface area (Å²) in [5.41, 5.74) is 0. The van der Waals surface area contributed by atoms with Crippen molar-refractivity contribution in [1.82, 2.24) is 9.80 Å². The third-order valence-corrected chi connectivity index (χ3v) is 3.99. The van der Waals surface area contributed by atoms with Gasteiger partial charge in [-0.1, -0.05) is 13.3 Å². The Kier molecular flexibility index (Phi) is 6.14. The van der Waals surface area contributed by atoms with E-state index in [9.17, 15) is 14.4 Å². The third-order valence-electron chi connectivity index (χ3n) is 2.98. The fourth-order valence-corrected chi connectivity index (χ4v) is 3.07. The van der Waals surface area contributed by atoms with Crippen molar-refractivity contribution < 1.29 is 19.5 Å². The summed E-state index contributed by atoms with van der Waals surface area (Å²) >= 11 is 1.53. The summed E-state index contributed by atoms with van der Waals surface area (Å²) in [6.07, 6.45) is 2.19. The first-order valence-corrected chi connectivity index (χ1v) is 7.46. The number of unbranched alkanes of at least 4 members (excludes halogenated alkanes) is 1. The van der Waals surface area contributed by atoms with Gasteiger partial charge in [0.2, 0.25) is 11.8 Å². The lowest BCUT2D eigenvalue weighted by Crippen LogP contribution is -2.48. The van der Waals surface area contributed by atoms with E-state index in [0.717, 1.165) is 12.8 Å². The largest absolute Gasteiger partial charge is 0.480 e. The van der Waals surface area contributed by atoms with Crippen LogP contribution in [0.15, 0.2) is 0 Å². The van der Waals surface area contributed by atoms with Crippen molar-refractivity contribution in [3.05, 3.63) is 0 Å². The average Bonchev–Trinajstić information content (AvgIpc) is 2.83. The van der Waals surface area contributed by atoms with Crippen molar-refractivity contribution in [1.29, 1.82) is 0 Å². The van der Waals surface area contributed by atoms with E-state index in [4.69, 9.17) is 5.11 Å². The van der Waals surface area contributed by atoms with Gasteiger partial charge in [0.25, 0.3) is 0 Å². The van der Waals surface area contributed by atoms with Crippen LogP contribution in [0.5, 0.6) is 0 Å². The van der Waals surface area contributed by atoms with Crippen molar-refractivity contribution in [3.63, 3.8) is 0 Å². The van der Waals surface area contributed by atoms with Crippen LogP contribution in [0.25, 0.3) is 0 Å². The number of aliphatic carboxylic acids is 1. The van der Waals surface area contributed by atoms with Gasteiger partial charge < -0.3 is 14.9 Å². The molecule has 7 heteroatoms. The standard InChI is InChI=1S/C12H20N2O4S/c1-3-4-5-10(15)14-8-19-7-9(14)12(18)13(2)6-11(16)17/h9H,3-8H2,1-2H3,(H,16,17). The highest BCUT2D eigenvalue weighted by Crippen LogP contribution is 2.23. The molecule has 1 aliphatic rings. The number of carboxylic acid groups (broad SMARTS) is 1. The second-order valence-electron chi connectivity index (χ2n) is 4.57. The van der Waals surface area contributed by atoms with E-state index >= 15 is 0 Å². The molecule has 1 atom stereocenters. The number of carbonyl (C=O) groups is 3. The smallest absolute Gasteiger partial charge is 0.323 e. The van der Waals surface area contributed by atoms with E-state index in [-0.39, 0.29) is 18.4 Å². The Bertz CT molecular complexity index is 362. The molecule has 1 N–H and O–H groups in total. The minimum atomic E-state index is -1.05. The number of thioether (sulfide) groups is 1. The van der Waals surface area contributed by atoms with Crippen molar-refractivity contribution in [3.8, 4) is 0 Å². The van der Waals surface area contributed by atoms with Crippen LogP contribution in [0, 0.1) is 0 Å². The Labute approximate surface area is 117 Å². The van der Waals surface area contributed by atoms with E-state index in [0.29, 0.717) is 18.1 Å². The number of carboxylic acids is 1. The maximum absolute atomic E-state index is 12.1. The lowest BCUT2D eigenvalue weighted by molar-refractivity contribution is -0.147. The zero-order valence-corrected chi connectivity index (χ0v) is 12.1. The Hall–Kier alpha value is -1.24. The summed E-state index contributed by atoms with van der Waals surface area (Å²) in [5.74, 6) is -0.308. The van der Waals surface area contributed by atoms with Gasteiger partial charge in [-0.25, -0.2) is 0 Å². The van der Waals surface area contributed by atoms with Crippen molar-refractivity contribution in [2.75, 3.05) is 25.2 Å². The molecule has 1 fully saturated rings. The molecule has 0 aromatic heterocycles. The van der Waals surface area contributed by atoms with Crippen molar-refractivity contribution >= 4 is 29.5 Å². The van der Waals surface area contributed by atoms with Gasteiger partial charge in [-0.3, -0.25) is 14.4 Å². The molecule has 6 nitrogen and oxygen atoms in total. The minimum absolute atomic E-state index is 0.0195. The van der Waals surface area contributed by atoms with Gasteiger partial charge >= 0.3 is 5.97 Å². The molecule has 0 aliphatic carbocycles. The highest BCUT2D eigenvalue weighted by atomic mass is 32.2. The zero-order valence-electron chi connectivity index (χ0n) is 11.3. The number of nitrogens with zero attached hydrogens (tertiary/aromatic N) is 2. The first-order valence-electron chi connectivity index (χ1n) is 6.31. The second-order valence-corrected chi connectivity index (χ2v) is 5.57. The molecule has 1 unspecified atom stereocenters. The van der Waals surface area contributed by atoms with Gasteiger partial charge in [0.05, 0.1) is 5.88 Å². The molecule has 1 saturated heterocycles. The van der Waals surface area contributed by atoms with Gasteiger partial charge in [-0.2, -0.15) is 0 Å². The van der Waals surface area contributed by atoms with Crippen LogP contribution in [0.4, 0.5) is 0 Å². The van der Waals surface area contributed by atoms with Crippen LogP contribution in [-0.4, -0.2) is 64.0 Å². The lowest BCUT2D eigenvalue weighted by atomic mass is 10.2. The molecule has 19 heavy (non-hydrogen) atoms. The molecular formula is C12H20N2O4S. The summed E-state index contributed by atoms with van der Waals surface area (Å²) in [6, 6.07) is -0.515. The molecule has 0 bridgehead atoms. The summed E-state index contributed by atoms with van der Waals surface area (Å²) < 4.78 is 0. The molecule has 2 amide bonds. The Morgan fingerprint density at radius 2 is 2.11 bits per heavy atom. The van der Waals surface area contributed by atoms with Crippen LogP contribution in [0.3, 0.4) is 0 Å². The number of amides is 2. The summed E-state index contributed by atoms with van der Waals surface area (Å²) in [6.45, 7) is 1.67. The predicted octanol–water partition coefficient (Wildman–Crippen LogP) is 0.621. The molecule has 108 valence electrons. The Balaban J connectivity index is 2.62. The van der Waals surface area contributed by atoms with Crippen LogP contribution in [0.2, 0.25) is 0 Å². The highest BCUT2D eigenvalue weighted by Gasteiger charge is 2.36. The van der Waals surface area contributed by atoms with Gasteiger partial charge in [0, 0.05) is 19.2 Å². The van der Waals surface area contributed by atoms with Crippen molar-refractivity contribution in [2.45, 2.75) is 32.2 Å². The number of likely N-dealkylation sites (N-methyl/N-ethyl adjacent to an activating group) is 1. The monoisotopic (exact) mass is 288 g/mol. The molecule has 1 aliphatic heterocycles. The Morgan fingerprint density at radius 1 is 1.42 bits per heavy atom. The highest BCUT2D eigenvalue weighted by molar-refractivity contribution is 7.99. The van der Waals surface area contributed by atoms with Gasteiger partial charge in [0.15, 0.2) is 0 Å². The SMILES string of the molecule is CCCCC(=O)N1CSCC1C(=O)N(C)CC(=O)O. The maximum Gasteiger partial charge on any atom is 0.323 e. The number of hydrogen-bond acceptors (Lipinski definition) is 4. The quantitative estimate of drug-likeness (QED) is 0.775. The fraction of sp³-hybridized carbons (Fsp3) is 0.750. The first kappa shape index (κ1) is 15.8. The first-order chi connectivity index (χ1) is 8.97. The maximum atomic E-state index is 12.1. The summed E-state index contributed by atoms with van der Waals surface area (Å²) in [5, 5.41) is 8.69. The normalized spacial score (nSPS) is 18.4. The van der Waals surface area contributed by atoms with E-state index in [1.807, 2.05) is 6.92 Å². The molecule has 0 aromatic rings. The van der Waals surface area contributed by atoms with E-state index < -0.39 is 12.0 Å². The number of rotatable bonds is 6. The van der Waals surface area contributed by atoms with Crippen LogP contribution in [-0.2, 0) is 14.4 Å². The topological polar surface area (TPSA) is 77.9 Å². The van der Waals surface area contributed by atoms with Crippen molar-refractivity contribution in [2.24, 2.45) is 0 Å². The van der Waals surface area contributed by atoms with Gasteiger partial charge in [-0.05, 0) is 6.42 Å². The number of hydrogen-bond donors (Lipinski definition) is 1. The lowest BCUT2D eigenvalue weighted by Gasteiger charge is -2.26. The third kappa shape index (κ3) is 4.41.